The molecule has 82 valence electrons. The first kappa shape index (κ1) is 9.70. The maximum absolute atomic E-state index is 11.2. The molecule has 1 saturated heterocycles. The fourth-order valence-electron chi connectivity index (χ4n) is 0.925. The number of anilines is 2. The molecule has 11 heteroatoms. The Kier molecular flexibility index (Phi) is 1.82. The minimum Gasteiger partial charge on any atom is -0.383 e. The van der Waals surface area contributed by atoms with Gasteiger partial charge in [0.15, 0.2) is 0 Å². The number of aromatic amines is 2. The van der Waals surface area contributed by atoms with Gasteiger partial charge in [-0.05, 0) is 0 Å². The Bertz CT molecular complexity index is 601. The average molecular weight is 236 g/mol. The molecule has 0 bridgehead atoms. The van der Waals surface area contributed by atoms with Crippen LogP contribution >= 0.6 is 0 Å². The van der Waals surface area contributed by atoms with Crippen molar-refractivity contribution in [1.82, 2.24) is 9.97 Å². The first-order valence-electron chi connectivity index (χ1n) is 3.45. The average Bonchev–Trinajstić information content (AvgIpc) is 1.98. The number of nitrogens with two attached hydrogens (primary N) is 1. The van der Waals surface area contributed by atoms with Crippen LogP contribution in [0.15, 0.2) is 9.59 Å². The van der Waals surface area contributed by atoms with Crippen molar-refractivity contribution >= 4 is 21.9 Å². The summed E-state index contributed by atoms with van der Waals surface area (Å²) >= 11 is 0. The predicted molar refractivity (Wildman–Crippen MR) is 45.7 cm³/mol. The van der Waals surface area contributed by atoms with Gasteiger partial charge in [0.05, 0.1) is 0 Å². The van der Waals surface area contributed by atoms with E-state index in [0.717, 1.165) is 0 Å². The van der Waals surface area contributed by atoms with Crippen LogP contribution in [0.5, 0.6) is 0 Å². The lowest BCUT2D eigenvalue weighted by molar-refractivity contribution is -0.0192. The van der Waals surface area contributed by atoms with Crippen LogP contribution in [0.1, 0.15) is 0 Å². The molecule has 1 aromatic heterocycles. The highest BCUT2D eigenvalue weighted by Crippen LogP contribution is 2.25. The third-order valence-electron chi connectivity index (χ3n) is 1.45. The van der Waals surface area contributed by atoms with E-state index in [4.69, 9.17) is 5.73 Å². The molecule has 0 radical (unpaired) electrons. The van der Waals surface area contributed by atoms with Crippen LogP contribution in [-0.4, -0.2) is 18.4 Å². The standard InChI is InChI=1S/C4H4N4O6S/c5-2-1(3(9)7-4(10)6-2)8-13-15(11,12)14-8/h(H4,5,6,7,9,10). The normalized spacial score (nSPS) is 18.5. The summed E-state index contributed by atoms with van der Waals surface area (Å²) in [6.07, 6.45) is 0. The van der Waals surface area contributed by atoms with Gasteiger partial charge in [-0.3, -0.25) is 14.8 Å². The molecule has 2 heterocycles. The molecule has 2 rings (SSSR count). The summed E-state index contributed by atoms with van der Waals surface area (Å²) in [5.41, 5.74) is 3.03. The summed E-state index contributed by atoms with van der Waals surface area (Å²) in [7, 11) is -4.10. The van der Waals surface area contributed by atoms with E-state index in [0.29, 0.717) is 0 Å². The quantitative estimate of drug-likeness (QED) is 0.487. The maximum atomic E-state index is 11.2. The second kappa shape index (κ2) is 2.82. The number of H-pyrrole nitrogens is 2. The minimum absolute atomic E-state index is 0.277. The van der Waals surface area contributed by atoms with Gasteiger partial charge in [-0.25, -0.2) is 4.79 Å². The molecule has 1 aliphatic heterocycles. The second-order valence-electron chi connectivity index (χ2n) is 2.48. The summed E-state index contributed by atoms with van der Waals surface area (Å²) in [5, 5.41) is 0.277. The summed E-state index contributed by atoms with van der Waals surface area (Å²) in [4.78, 5) is 25.7. The molecule has 15 heavy (non-hydrogen) atoms. The highest BCUT2D eigenvalue weighted by atomic mass is 32.3. The highest BCUT2D eigenvalue weighted by molar-refractivity contribution is 7.82. The Hall–Kier alpha value is -1.85. The van der Waals surface area contributed by atoms with E-state index < -0.39 is 27.3 Å². The number of nitrogen functional groups attached to an aromatic ring is 1. The van der Waals surface area contributed by atoms with Crippen molar-refractivity contribution in [3.8, 4) is 0 Å². The summed E-state index contributed by atoms with van der Waals surface area (Å²) < 4.78 is 29.0. The van der Waals surface area contributed by atoms with E-state index in [1.54, 1.807) is 0 Å². The summed E-state index contributed by atoms with van der Waals surface area (Å²) in [6, 6.07) is 0. The number of hydrogen-bond donors (Lipinski definition) is 3. The lowest BCUT2D eigenvalue weighted by Crippen LogP contribution is -2.45. The molecule has 0 saturated carbocycles. The topological polar surface area (TPSA) is 148 Å². The van der Waals surface area contributed by atoms with Crippen molar-refractivity contribution in [2.45, 2.75) is 0 Å². The first-order chi connectivity index (χ1) is 6.89. The summed E-state index contributed by atoms with van der Waals surface area (Å²) in [6.45, 7) is 0. The third kappa shape index (κ3) is 1.58. The van der Waals surface area contributed by atoms with Crippen LogP contribution in [0.25, 0.3) is 0 Å². The number of rotatable bonds is 1. The van der Waals surface area contributed by atoms with E-state index in [1.165, 1.54) is 0 Å². The van der Waals surface area contributed by atoms with Crippen molar-refractivity contribution in [2.24, 2.45) is 0 Å². The molecule has 0 spiro atoms. The zero-order valence-electron chi connectivity index (χ0n) is 6.88. The summed E-state index contributed by atoms with van der Waals surface area (Å²) in [5.74, 6) is -0.376. The molecule has 0 atom stereocenters. The molecule has 1 fully saturated rings. The Morgan fingerprint density at radius 2 is 1.80 bits per heavy atom. The Balaban J connectivity index is 2.47. The van der Waals surface area contributed by atoms with Gasteiger partial charge >= 0.3 is 16.1 Å². The van der Waals surface area contributed by atoms with Crippen LogP contribution in [0.4, 0.5) is 11.5 Å². The number of nitrogens with zero attached hydrogens (tertiary/aromatic N) is 1. The molecular weight excluding hydrogens is 232 g/mol. The van der Waals surface area contributed by atoms with E-state index in [1.807, 2.05) is 9.97 Å². The van der Waals surface area contributed by atoms with Crippen LogP contribution in [0.3, 0.4) is 0 Å². The van der Waals surface area contributed by atoms with Crippen LogP contribution in [0.2, 0.25) is 0 Å². The van der Waals surface area contributed by atoms with E-state index >= 15 is 0 Å². The molecule has 0 amide bonds. The van der Waals surface area contributed by atoms with Crippen LogP contribution in [0, 0.1) is 0 Å². The van der Waals surface area contributed by atoms with Crippen molar-refractivity contribution < 1.29 is 17.0 Å². The molecule has 4 N–H and O–H groups in total. The van der Waals surface area contributed by atoms with Crippen molar-refractivity contribution in [3.63, 3.8) is 0 Å². The van der Waals surface area contributed by atoms with Gasteiger partial charge in [0.1, 0.15) is 5.82 Å². The Morgan fingerprint density at radius 1 is 1.20 bits per heavy atom. The smallest absolute Gasteiger partial charge is 0.383 e. The molecule has 10 nitrogen and oxygen atoms in total. The predicted octanol–water partition coefficient (Wildman–Crippen LogP) is -2.43. The van der Waals surface area contributed by atoms with Gasteiger partial charge in [0.2, 0.25) is 5.69 Å². The molecule has 1 aromatic rings. The lowest BCUT2D eigenvalue weighted by Gasteiger charge is -2.26. The third-order valence-corrected chi connectivity index (χ3v) is 2.08. The second-order valence-corrected chi connectivity index (χ2v) is 3.60. The van der Waals surface area contributed by atoms with Crippen molar-refractivity contribution in [1.29, 1.82) is 0 Å². The van der Waals surface area contributed by atoms with Crippen molar-refractivity contribution in [3.05, 3.63) is 20.8 Å². The number of hydrogen-bond acceptors (Lipinski definition) is 8. The van der Waals surface area contributed by atoms with E-state index in [-0.39, 0.29) is 11.0 Å². The molecule has 0 unspecified atom stereocenters. The van der Waals surface area contributed by atoms with Gasteiger partial charge < -0.3 is 5.73 Å². The molecule has 0 aromatic carbocycles. The Morgan fingerprint density at radius 3 is 2.27 bits per heavy atom. The van der Waals surface area contributed by atoms with Crippen LogP contribution < -0.4 is 22.2 Å². The molecule has 1 aliphatic rings. The van der Waals surface area contributed by atoms with Gasteiger partial charge in [-0.1, -0.05) is 13.8 Å². The van der Waals surface area contributed by atoms with Gasteiger partial charge in [0, 0.05) is 0 Å². The van der Waals surface area contributed by atoms with Crippen LogP contribution in [-0.2, 0) is 19.0 Å². The SMILES string of the molecule is Nc1[nH]c(=O)[nH]c(=O)c1N1OS(=O)(=O)O1. The van der Waals surface area contributed by atoms with Gasteiger partial charge in [-0.2, -0.15) is 8.42 Å². The lowest BCUT2D eigenvalue weighted by atomic mass is 10.5. The minimum atomic E-state index is -4.10. The zero-order valence-corrected chi connectivity index (χ0v) is 7.70. The monoisotopic (exact) mass is 236 g/mol. The van der Waals surface area contributed by atoms with Gasteiger partial charge in [0.25, 0.3) is 5.56 Å². The first-order valence-corrected chi connectivity index (χ1v) is 4.79. The van der Waals surface area contributed by atoms with E-state index in [2.05, 4.69) is 8.57 Å². The fourth-order valence-corrected chi connectivity index (χ4v) is 1.42. The van der Waals surface area contributed by atoms with Crippen molar-refractivity contribution in [2.75, 3.05) is 11.0 Å². The van der Waals surface area contributed by atoms with Gasteiger partial charge in [-0.15, -0.1) is 0 Å². The fraction of sp³-hybridized carbons (Fsp3) is 0. The zero-order chi connectivity index (χ0) is 11.2. The largest absolute Gasteiger partial charge is 0.446 e. The highest BCUT2D eigenvalue weighted by Gasteiger charge is 2.39. The number of aromatic nitrogens is 2. The maximum Gasteiger partial charge on any atom is 0.446 e. The molecule has 0 aliphatic carbocycles. The number of nitrogens with one attached hydrogen (secondary N) is 2. The molecular formula is C4H4N4O6S. The Labute approximate surface area is 81.5 Å². The van der Waals surface area contributed by atoms with E-state index in [9.17, 15) is 18.0 Å².